The molecule has 2 nitrogen and oxygen atoms in total. The van der Waals surface area contributed by atoms with E-state index in [2.05, 4.69) is 63.5 Å². The largest absolute Gasteiger partial charge is 0.300 e. The fraction of sp³-hybridized carbons (Fsp3) is 0.714. The molecule has 0 bridgehead atoms. The van der Waals surface area contributed by atoms with E-state index in [4.69, 9.17) is 0 Å². The lowest BCUT2D eigenvalue weighted by atomic mass is 10.0. The number of rotatable bonds is 9. The lowest BCUT2D eigenvalue weighted by Gasteiger charge is -2.35. The van der Waals surface area contributed by atoms with E-state index in [0.717, 1.165) is 18.2 Å². The van der Waals surface area contributed by atoms with Crippen LogP contribution in [-0.4, -0.2) is 41.9 Å². The molecule has 1 unspecified atom stereocenters. The Labute approximate surface area is 155 Å². The molecular weight excluding hydrogens is 312 g/mol. The molecule has 0 aliphatic carbocycles. The van der Waals surface area contributed by atoms with Crippen LogP contribution in [0.2, 0.25) is 0 Å². The Kier molecular flexibility index (Phi) is 10.0. The first-order valence-corrected chi connectivity index (χ1v) is 10.3. The zero-order chi connectivity index (χ0) is 18.1. The molecule has 0 amide bonds. The third-order valence-corrected chi connectivity index (χ3v) is 6.08. The van der Waals surface area contributed by atoms with E-state index in [1.54, 1.807) is 0 Å². The Hall–Kier alpha value is -0.510. The average molecular weight is 351 g/mol. The van der Waals surface area contributed by atoms with Crippen LogP contribution >= 0.6 is 11.9 Å². The van der Waals surface area contributed by atoms with Gasteiger partial charge in [0.25, 0.3) is 0 Å². The van der Waals surface area contributed by atoms with Crippen LogP contribution in [-0.2, 0) is 0 Å². The summed E-state index contributed by atoms with van der Waals surface area (Å²) in [4.78, 5) is 4.10. The Morgan fingerprint density at radius 1 is 1.17 bits per heavy atom. The van der Waals surface area contributed by atoms with Crippen LogP contribution in [0.15, 0.2) is 34.3 Å². The molecule has 1 aliphatic rings. The second-order valence-electron chi connectivity index (χ2n) is 7.39. The van der Waals surface area contributed by atoms with Gasteiger partial charge in [-0.15, -0.1) is 0 Å². The molecule has 0 N–H and O–H groups in total. The zero-order valence-corrected chi connectivity index (χ0v) is 17.6. The topological polar surface area (TPSA) is 6.48 Å². The highest BCUT2D eigenvalue weighted by atomic mass is 32.2. The Balaban J connectivity index is 2.57. The van der Waals surface area contributed by atoms with E-state index in [1.807, 2.05) is 11.9 Å². The molecule has 0 radical (unpaired) electrons. The maximum atomic E-state index is 4.01. The van der Waals surface area contributed by atoms with E-state index >= 15 is 0 Å². The van der Waals surface area contributed by atoms with Gasteiger partial charge in [0.05, 0.1) is 0 Å². The quantitative estimate of drug-likeness (QED) is 0.370. The smallest absolute Gasteiger partial charge is 0.0245 e. The number of allylic oxidation sites excluding steroid dienone is 4. The van der Waals surface area contributed by atoms with Crippen molar-refractivity contribution in [3.63, 3.8) is 0 Å². The van der Waals surface area contributed by atoms with E-state index in [1.165, 1.54) is 61.2 Å². The molecule has 1 fully saturated rings. The summed E-state index contributed by atoms with van der Waals surface area (Å²) in [5, 5.41) is 0. The minimum absolute atomic E-state index is 0.746. The van der Waals surface area contributed by atoms with E-state index in [-0.39, 0.29) is 0 Å². The standard InChI is InChI=1S/C21H38N2S/c1-8-20(23-13-10-9-11-14-23)12-15-22(7)24-21(18(4)5)19(6)16-17(2)3/h16,20H,2,8-15H2,1,3-7H3/b19-16-. The van der Waals surface area contributed by atoms with Crippen LogP contribution in [0.1, 0.15) is 66.7 Å². The van der Waals surface area contributed by atoms with Gasteiger partial charge in [0.1, 0.15) is 0 Å². The maximum Gasteiger partial charge on any atom is 0.0245 e. The van der Waals surface area contributed by atoms with Crippen molar-refractivity contribution in [3.8, 4) is 0 Å². The summed E-state index contributed by atoms with van der Waals surface area (Å²) in [6.45, 7) is 18.8. The van der Waals surface area contributed by atoms with Crippen molar-refractivity contribution < 1.29 is 0 Å². The summed E-state index contributed by atoms with van der Waals surface area (Å²) in [5.74, 6) is 0. The van der Waals surface area contributed by atoms with Crippen LogP contribution in [0, 0.1) is 0 Å². The summed E-state index contributed by atoms with van der Waals surface area (Å²) in [6, 6.07) is 0.746. The SMILES string of the molecule is C=C(C)/C=C(/C)C(SN(C)CCC(CC)N1CCCCC1)=C(C)C. The van der Waals surface area contributed by atoms with Gasteiger partial charge in [0.15, 0.2) is 0 Å². The predicted octanol–water partition coefficient (Wildman–Crippen LogP) is 6.04. The molecule has 0 aromatic heterocycles. The first kappa shape index (κ1) is 21.5. The van der Waals surface area contributed by atoms with Crippen LogP contribution in [0.4, 0.5) is 0 Å². The van der Waals surface area contributed by atoms with Gasteiger partial charge < -0.3 is 4.90 Å². The van der Waals surface area contributed by atoms with Crippen LogP contribution < -0.4 is 0 Å². The molecule has 1 heterocycles. The summed E-state index contributed by atoms with van der Waals surface area (Å²) in [7, 11) is 2.23. The van der Waals surface area contributed by atoms with Gasteiger partial charge in [0, 0.05) is 17.5 Å². The number of hydrogen-bond acceptors (Lipinski definition) is 3. The van der Waals surface area contributed by atoms with Crippen molar-refractivity contribution in [2.45, 2.75) is 72.8 Å². The molecule has 0 spiro atoms. The van der Waals surface area contributed by atoms with Crippen molar-refractivity contribution in [2.75, 3.05) is 26.7 Å². The van der Waals surface area contributed by atoms with Crippen molar-refractivity contribution in [1.29, 1.82) is 0 Å². The Morgan fingerprint density at radius 3 is 2.29 bits per heavy atom. The van der Waals surface area contributed by atoms with Gasteiger partial charge in [0.2, 0.25) is 0 Å². The Bertz CT molecular complexity index is 454. The first-order chi connectivity index (χ1) is 11.3. The van der Waals surface area contributed by atoms with E-state index in [9.17, 15) is 0 Å². The highest BCUT2D eigenvalue weighted by Crippen LogP contribution is 2.30. The minimum atomic E-state index is 0.746. The first-order valence-electron chi connectivity index (χ1n) is 9.50. The molecule has 138 valence electrons. The van der Waals surface area contributed by atoms with Crippen LogP contribution in [0.3, 0.4) is 0 Å². The highest BCUT2D eigenvalue weighted by Gasteiger charge is 2.19. The highest BCUT2D eigenvalue weighted by molar-refractivity contribution is 8.01. The van der Waals surface area contributed by atoms with Crippen molar-refractivity contribution in [2.24, 2.45) is 0 Å². The molecule has 0 aromatic rings. The summed E-state index contributed by atoms with van der Waals surface area (Å²) >= 11 is 1.89. The van der Waals surface area contributed by atoms with Crippen molar-refractivity contribution >= 4 is 11.9 Å². The molecule has 0 saturated carbocycles. The minimum Gasteiger partial charge on any atom is -0.300 e. The van der Waals surface area contributed by atoms with Crippen LogP contribution in [0.25, 0.3) is 0 Å². The fourth-order valence-electron chi connectivity index (χ4n) is 3.45. The van der Waals surface area contributed by atoms with Gasteiger partial charge in [-0.05, 0) is 91.0 Å². The van der Waals surface area contributed by atoms with Gasteiger partial charge in [-0.2, -0.15) is 0 Å². The lowest BCUT2D eigenvalue weighted by molar-refractivity contribution is 0.148. The summed E-state index contributed by atoms with van der Waals surface area (Å²) in [5.41, 5.74) is 3.82. The monoisotopic (exact) mass is 350 g/mol. The maximum absolute atomic E-state index is 4.01. The summed E-state index contributed by atoms with van der Waals surface area (Å²) in [6.07, 6.45) is 8.90. The summed E-state index contributed by atoms with van der Waals surface area (Å²) < 4.78 is 2.41. The molecule has 3 heteroatoms. The molecule has 24 heavy (non-hydrogen) atoms. The molecule has 0 aromatic carbocycles. The number of nitrogens with zero attached hydrogens (tertiary/aromatic N) is 2. The third kappa shape index (κ3) is 7.58. The van der Waals surface area contributed by atoms with Gasteiger partial charge in [-0.25, -0.2) is 4.31 Å². The second-order valence-corrected chi connectivity index (χ2v) is 8.61. The van der Waals surface area contributed by atoms with Crippen LogP contribution in [0.5, 0.6) is 0 Å². The molecule has 1 aliphatic heterocycles. The molecule has 1 saturated heterocycles. The van der Waals surface area contributed by atoms with Gasteiger partial charge >= 0.3 is 0 Å². The second kappa shape index (κ2) is 11.2. The Morgan fingerprint density at radius 2 is 1.79 bits per heavy atom. The number of likely N-dealkylation sites (tertiary alicyclic amines) is 1. The number of piperidine rings is 1. The lowest BCUT2D eigenvalue weighted by Crippen LogP contribution is -2.40. The zero-order valence-electron chi connectivity index (χ0n) is 16.8. The average Bonchev–Trinajstić information content (AvgIpc) is 2.53. The van der Waals surface area contributed by atoms with Gasteiger partial charge in [-0.3, -0.25) is 0 Å². The molecule has 1 rings (SSSR count). The normalized spacial score (nSPS) is 17.9. The van der Waals surface area contributed by atoms with E-state index < -0.39 is 0 Å². The van der Waals surface area contributed by atoms with Gasteiger partial charge in [-0.1, -0.05) is 37.1 Å². The van der Waals surface area contributed by atoms with Crippen molar-refractivity contribution in [1.82, 2.24) is 9.21 Å². The molecule has 1 atom stereocenters. The molecular formula is C21H38N2S. The third-order valence-electron chi connectivity index (χ3n) is 4.68. The fourth-order valence-corrected chi connectivity index (χ4v) is 4.35. The van der Waals surface area contributed by atoms with Crippen molar-refractivity contribution in [3.05, 3.63) is 34.3 Å². The predicted molar refractivity (Wildman–Crippen MR) is 111 cm³/mol. The number of hydrogen-bond donors (Lipinski definition) is 0. The van der Waals surface area contributed by atoms with E-state index in [0.29, 0.717) is 0 Å².